The van der Waals surface area contributed by atoms with Gasteiger partial charge >= 0.3 is 0 Å². The fourth-order valence-corrected chi connectivity index (χ4v) is 2.13. The van der Waals surface area contributed by atoms with E-state index in [0.717, 1.165) is 31.9 Å². The topological polar surface area (TPSA) is 51.4 Å². The van der Waals surface area contributed by atoms with E-state index in [0.29, 0.717) is 6.54 Å². The third-order valence-electron chi connectivity index (χ3n) is 2.99. The smallest absolute Gasteiger partial charge is 0.128 e. The van der Waals surface area contributed by atoms with Crippen LogP contribution in [-0.2, 0) is 11.2 Å². The number of hydrogen-bond donors (Lipinski definition) is 1. The Hall–Kier alpha value is -1.13. The predicted molar refractivity (Wildman–Crippen MR) is 69.2 cm³/mol. The zero-order chi connectivity index (χ0) is 12.3. The third kappa shape index (κ3) is 3.17. The first kappa shape index (κ1) is 12.3. The van der Waals surface area contributed by atoms with Gasteiger partial charge in [-0.05, 0) is 38.4 Å². The van der Waals surface area contributed by atoms with Crippen molar-refractivity contribution in [3.63, 3.8) is 0 Å². The highest BCUT2D eigenvalue weighted by atomic mass is 16.5. The maximum atomic E-state index is 5.69. The Labute approximate surface area is 103 Å². The van der Waals surface area contributed by atoms with Gasteiger partial charge in [-0.1, -0.05) is 6.07 Å². The minimum absolute atomic E-state index is 0.0874. The van der Waals surface area contributed by atoms with Crippen LogP contribution >= 0.6 is 0 Å². The van der Waals surface area contributed by atoms with Crippen LogP contribution in [0, 0.1) is 0 Å². The van der Waals surface area contributed by atoms with Crippen molar-refractivity contribution in [2.24, 2.45) is 5.73 Å². The molecule has 0 aromatic carbocycles. The van der Waals surface area contributed by atoms with Gasteiger partial charge in [0.1, 0.15) is 5.82 Å². The van der Waals surface area contributed by atoms with Crippen LogP contribution in [0.4, 0.5) is 5.82 Å². The maximum Gasteiger partial charge on any atom is 0.128 e. The minimum Gasteiger partial charge on any atom is -0.372 e. The summed E-state index contributed by atoms with van der Waals surface area (Å²) in [5, 5.41) is 0. The summed E-state index contributed by atoms with van der Waals surface area (Å²) in [6.45, 7) is 7.46. The minimum atomic E-state index is -0.0874. The Morgan fingerprint density at radius 3 is 2.88 bits per heavy atom. The lowest BCUT2D eigenvalue weighted by Crippen LogP contribution is -2.48. The van der Waals surface area contributed by atoms with Crippen LogP contribution in [0.1, 0.15) is 19.4 Å². The average molecular weight is 235 g/mol. The van der Waals surface area contributed by atoms with Gasteiger partial charge in [0.05, 0.1) is 12.2 Å². The molecule has 0 radical (unpaired) electrons. The van der Waals surface area contributed by atoms with Crippen molar-refractivity contribution in [1.29, 1.82) is 0 Å². The fourth-order valence-electron chi connectivity index (χ4n) is 2.13. The number of anilines is 1. The first-order valence-corrected chi connectivity index (χ1v) is 6.15. The molecule has 2 rings (SSSR count). The van der Waals surface area contributed by atoms with E-state index in [1.165, 1.54) is 5.56 Å². The number of hydrogen-bond acceptors (Lipinski definition) is 4. The number of rotatable bonds is 3. The molecule has 2 heterocycles. The average Bonchev–Trinajstić information content (AvgIpc) is 2.29. The third-order valence-corrected chi connectivity index (χ3v) is 2.99. The van der Waals surface area contributed by atoms with Gasteiger partial charge in [-0.25, -0.2) is 4.98 Å². The fraction of sp³-hybridized carbons (Fsp3) is 0.615. The van der Waals surface area contributed by atoms with Crippen LogP contribution < -0.4 is 10.6 Å². The molecule has 0 aliphatic carbocycles. The SMILES string of the molecule is CC1(C)CN(c2ccc(CCN)cn2)CCO1. The second-order valence-corrected chi connectivity index (χ2v) is 5.09. The second kappa shape index (κ2) is 5.02. The predicted octanol–water partition coefficient (Wildman–Crippen LogP) is 1.20. The summed E-state index contributed by atoms with van der Waals surface area (Å²) in [7, 11) is 0. The molecule has 1 aromatic rings. The highest BCUT2D eigenvalue weighted by Gasteiger charge is 2.27. The Kier molecular flexibility index (Phi) is 3.64. The summed E-state index contributed by atoms with van der Waals surface area (Å²) < 4.78 is 5.69. The molecule has 0 saturated carbocycles. The van der Waals surface area contributed by atoms with Crippen LogP contribution in [0.15, 0.2) is 18.3 Å². The van der Waals surface area contributed by atoms with Crippen LogP contribution in [0.2, 0.25) is 0 Å². The number of nitrogens with zero attached hydrogens (tertiary/aromatic N) is 2. The lowest BCUT2D eigenvalue weighted by molar-refractivity contribution is -0.0279. The Morgan fingerprint density at radius 1 is 1.47 bits per heavy atom. The second-order valence-electron chi connectivity index (χ2n) is 5.09. The molecule has 17 heavy (non-hydrogen) atoms. The standard InChI is InChI=1S/C13H21N3O/c1-13(2)10-16(7-8-17-13)12-4-3-11(5-6-14)9-15-12/h3-4,9H,5-8,10,14H2,1-2H3. The summed E-state index contributed by atoms with van der Waals surface area (Å²) in [5.41, 5.74) is 6.63. The number of aromatic nitrogens is 1. The molecule has 0 spiro atoms. The summed E-state index contributed by atoms with van der Waals surface area (Å²) >= 11 is 0. The van der Waals surface area contributed by atoms with Crippen molar-refractivity contribution in [3.05, 3.63) is 23.9 Å². The van der Waals surface area contributed by atoms with Crippen LogP contribution in [0.25, 0.3) is 0 Å². The highest BCUT2D eigenvalue weighted by Crippen LogP contribution is 2.21. The molecule has 1 aliphatic heterocycles. The molecule has 1 aromatic heterocycles. The van der Waals surface area contributed by atoms with Gasteiger partial charge in [0, 0.05) is 19.3 Å². The van der Waals surface area contributed by atoms with Crippen molar-refractivity contribution >= 4 is 5.82 Å². The molecule has 4 nitrogen and oxygen atoms in total. The quantitative estimate of drug-likeness (QED) is 0.855. The zero-order valence-electron chi connectivity index (χ0n) is 10.6. The van der Waals surface area contributed by atoms with Gasteiger partial charge in [0.25, 0.3) is 0 Å². The molecule has 0 unspecified atom stereocenters. The van der Waals surface area contributed by atoms with Gasteiger partial charge in [0.2, 0.25) is 0 Å². The molecule has 1 saturated heterocycles. The summed E-state index contributed by atoms with van der Waals surface area (Å²) in [4.78, 5) is 6.77. The molecular weight excluding hydrogens is 214 g/mol. The number of morpholine rings is 1. The van der Waals surface area contributed by atoms with E-state index in [-0.39, 0.29) is 5.60 Å². The van der Waals surface area contributed by atoms with Crippen molar-refractivity contribution in [2.45, 2.75) is 25.9 Å². The molecule has 94 valence electrons. The number of ether oxygens (including phenoxy) is 1. The Morgan fingerprint density at radius 2 is 2.29 bits per heavy atom. The lowest BCUT2D eigenvalue weighted by atomic mass is 10.1. The molecule has 2 N–H and O–H groups in total. The number of pyridine rings is 1. The largest absolute Gasteiger partial charge is 0.372 e. The maximum absolute atomic E-state index is 5.69. The van der Waals surface area contributed by atoms with E-state index in [2.05, 4.69) is 35.9 Å². The Bertz CT molecular complexity index is 361. The van der Waals surface area contributed by atoms with Crippen molar-refractivity contribution in [3.8, 4) is 0 Å². The van der Waals surface area contributed by atoms with E-state index in [4.69, 9.17) is 10.5 Å². The molecule has 0 bridgehead atoms. The lowest BCUT2D eigenvalue weighted by Gasteiger charge is -2.38. The summed E-state index contributed by atoms with van der Waals surface area (Å²) in [6, 6.07) is 4.18. The molecule has 4 heteroatoms. The van der Waals surface area contributed by atoms with Gasteiger partial charge in [0.15, 0.2) is 0 Å². The van der Waals surface area contributed by atoms with Crippen LogP contribution in [0.5, 0.6) is 0 Å². The first-order valence-electron chi connectivity index (χ1n) is 6.15. The van der Waals surface area contributed by atoms with Crippen molar-refractivity contribution in [1.82, 2.24) is 4.98 Å². The normalized spacial score (nSPS) is 19.4. The molecule has 0 atom stereocenters. The summed E-state index contributed by atoms with van der Waals surface area (Å²) in [5.74, 6) is 1.03. The van der Waals surface area contributed by atoms with E-state index in [1.54, 1.807) is 0 Å². The summed E-state index contributed by atoms with van der Waals surface area (Å²) in [6.07, 6.45) is 2.81. The van der Waals surface area contributed by atoms with Gasteiger partial charge in [-0.3, -0.25) is 0 Å². The monoisotopic (exact) mass is 235 g/mol. The van der Waals surface area contributed by atoms with Crippen molar-refractivity contribution in [2.75, 3.05) is 31.1 Å². The van der Waals surface area contributed by atoms with E-state index in [1.807, 2.05) is 6.20 Å². The Balaban J connectivity index is 2.06. The highest BCUT2D eigenvalue weighted by molar-refractivity contribution is 5.40. The molecule has 1 aliphatic rings. The van der Waals surface area contributed by atoms with Crippen molar-refractivity contribution < 1.29 is 4.74 Å². The van der Waals surface area contributed by atoms with E-state index in [9.17, 15) is 0 Å². The van der Waals surface area contributed by atoms with Gasteiger partial charge in [-0.2, -0.15) is 0 Å². The molecule has 0 amide bonds. The van der Waals surface area contributed by atoms with E-state index < -0.39 is 0 Å². The van der Waals surface area contributed by atoms with Gasteiger partial charge < -0.3 is 15.4 Å². The van der Waals surface area contributed by atoms with Gasteiger partial charge in [-0.15, -0.1) is 0 Å². The molecular formula is C13H21N3O. The van der Waals surface area contributed by atoms with E-state index >= 15 is 0 Å². The zero-order valence-corrected chi connectivity index (χ0v) is 10.6. The first-order chi connectivity index (χ1) is 8.11. The van der Waals surface area contributed by atoms with Crippen LogP contribution in [-0.4, -0.2) is 36.8 Å². The van der Waals surface area contributed by atoms with Crippen LogP contribution in [0.3, 0.4) is 0 Å². The number of nitrogens with two attached hydrogens (primary N) is 1. The molecule has 1 fully saturated rings.